The third kappa shape index (κ3) is 3.47. The molecule has 0 saturated heterocycles. The van der Waals surface area contributed by atoms with E-state index in [9.17, 15) is 5.11 Å². The highest BCUT2D eigenvalue weighted by Gasteiger charge is 2.16. The van der Waals surface area contributed by atoms with Gasteiger partial charge in [-0.25, -0.2) is 0 Å². The Bertz CT molecular complexity index is 337. The van der Waals surface area contributed by atoms with Crippen LogP contribution in [-0.4, -0.2) is 18.2 Å². The highest BCUT2D eigenvalue weighted by molar-refractivity contribution is 5.54. The molecule has 1 aromatic carbocycles. The highest BCUT2D eigenvalue weighted by atomic mass is 16.3. The van der Waals surface area contributed by atoms with Gasteiger partial charge in [0.25, 0.3) is 0 Å². The van der Waals surface area contributed by atoms with Gasteiger partial charge in [0, 0.05) is 24.3 Å². The van der Waals surface area contributed by atoms with E-state index in [1.54, 1.807) is 0 Å². The molecule has 1 rings (SSSR count). The molecule has 96 valence electrons. The van der Waals surface area contributed by atoms with Gasteiger partial charge < -0.3 is 10.0 Å². The molecule has 0 heterocycles. The van der Waals surface area contributed by atoms with Crippen LogP contribution in [0.4, 0.5) is 5.69 Å². The third-order valence-corrected chi connectivity index (χ3v) is 3.43. The van der Waals surface area contributed by atoms with Crippen molar-refractivity contribution < 1.29 is 5.11 Å². The van der Waals surface area contributed by atoms with E-state index in [4.69, 9.17) is 0 Å². The molecule has 0 aliphatic heterocycles. The molecule has 1 N–H and O–H groups in total. The van der Waals surface area contributed by atoms with E-state index in [1.807, 2.05) is 25.1 Å². The van der Waals surface area contributed by atoms with Crippen LogP contribution in [0.25, 0.3) is 0 Å². The van der Waals surface area contributed by atoms with Crippen molar-refractivity contribution in [2.24, 2.45) is 0 Å². The Morgan fingerprint density at radius 1 is 1.24 bits per heavy atom. The Morgan fingerprint density at radius 2 is 1.88 bits per heavy atom. The second-order valence-corrected chi connectivity index (χ2v) is 4.73. The molecule has 0 radical (unpaired) electrons. The number of benzene rings is 1. The Kier molecular flexibility index (Phi) is 5.49. The summed E-state index contributed by atoms with van der Waals surface area (Å²) < 4.78 is 0. The van der Waals surface area contributed by atoms with E-state index >= 15 is 0 Å². The summed E-state index contributed by atoms with van der Waals surface area (Å²) in [6, 6.07) is 8.66. The number of hydrogen-bond acceptors (Lipinski definition) is 2. The lowest BCUT2D eigenvalue weighted by Crippen LogP contribution is -2.29. The summed E-state index contributed by atoms with van der Waals surface area (Å²) in [4.78, 5) is 2.28. The molecule has 0 aromatic heterocycles. The van der Waals surface area contributed by atoms with E-state index in [0.29, 0.717) is 6.04 Å². The Hall–Kier alpha value is -1.02. The van der Waals surface area contributed by atoms with Crippen LogP contribution < -0.4 is 4.90 Å². The van der Waals surface area contributed by atoms with Crippen LogP contribution in [0.2, 0.25) is 0 Å². The summed E-state index contributed by atoms with van der Waals surface area (Å²) in [6.45, 7) is 6.45. The molecule has 2 heteroatoms. The maximum atomic E-state index is 10.0. The fourth-order valence-electron chi connectivity index (χ4n) is 2.16. The molecule has 1 aromatic rings. The number of para-hydroxylation sites is 1. The van der Waals surface area contributed by atoms with E-state index in [1.165, 1.54) is 12.8 Å². The second-order valence-electron chi connectivity index (χ2n) is 4.73. The number of aliphatic hydroxyl groups excluding tert-OH is 1. The van der Waals surface area contributed by atoms with Gasteiger partial charge in [-0.3, -0.25) is 0 Å². The van der Waals surface area contributed by atoms with E-state index in [0.717, 1.165) is 17.7 Å². The minimum atomic E-state index is -0.359. The second kappa shape index (κ2) is 6.65. The van der Waals surface area contributed by atoms with Gasteiger partial charge in [-0.1, -0.05) is 38.5 Å². The summed E-state index contributed by atoms with van der Waals surface area (Å²) >= 11 is 0. The lowest BCUT2D eigenvalue weighted by atomic mass is 10.0. The first-order chi connectivity index (χ1) is 8.11. The number of aliphatic hydroxyl groups is 1. The molecule has 0 bridgehead atoms. The molecule has 2 nitrogen and oxygen atoms in total. The molecule has 0 aliphatic rings. The van der Waals surface area contributed by atoms with Crippen molar-refractivity contribution in [1.82, 2.24) is 0 Å². The smallest absolute Gasteiger partial charge is 0.0807 e. The largest absolute Gasteiger partial charge is 0.388 e. The average Bonchev–Trinajstić information content (AvgIpc) is 2.37. The fourth-order valence-corrected chi connectivity index (χ4v) is 2.16. The number of anilines is 1. The van der Waals surface area contributed by atoms with E-state index in [-0.39, 0.29) is 6.10 Å². The SMILES string of the molecule is CCCC(C)N(C)c1ccccc1[C@@H](O)CC. The molecule has 1 unspecified atom stereocenters. The van der Waals surface area contributed by atoms with Crippen molar-refractivity contribution in [3.63, 3.8) is 0 Å². The summed E-state index contributed by atoms with van der Waals surface area (Å²) in [7, 11) is 2.11. The quantitative estimate of drug-likeness (QED) is 0.811. The summed E-state index contributed by atoms with van der Waals surface area (Å²) in [5.74, 6) is 0. The molecule has 2 atom stereocenters. The molecule has 0 saturated carbocycles. The van der Waals surface area contributed by atoms with Gasteiger partial charge in [0.05, 0.1) is 6.10 Å². The van der Waals surface area contributed by atoms with Crippen LogP contribution in [0.1, 0.15) is 51.7 Å². The van der Waals surface area contributed by atoms with Gasteiger partial charge in [-0.15, -0.1) is 0 Å². The van der Waals surface area contributed by atoms with Crippen LogP contribution in [0.5, 0.6) is 0 Å². The zero-order valence-electron chi connectivity index (χ0n) is 11.5. The highest BCUT2D eigenvalue weighted by Crippen LogP contribution is 2.29. The minimum absolute atomic E-state index is 0.359. The van der Waals surface area contributed by atoms with Crippen LogP contribution in [0, 0.1) is 0 Å². The number of rotatable bonds is 6. The lowest BCUT2D eigenvalue weighted by Gasteiger charge is -2.30. The summed E-state index contributed by atoms with van der Waals surface area (Å²) in [6.07, 6.45) is 2.76. The summed E-state index contributed by atoms with van der Waals surface area (Å²) in [5, 5.41) is 10.0. The van der Waals surface area contributed by atoms with Crippen molar-refractivity contribution in [3.8, 4) is 0 Å². The van der Waals surface area contributed by atoms with Crippen LogP contribution in [-0.2, 0) is 0 Å². The van der Waals surface area contributed by atoms with Crippen molar-refractivity contribution in [2.75, 3.05) is 11.9 Å². The van der Waals surface area contributed by atoms with Crippen LogP contribution in [0.15, 0.2) is 24.3 Å². The van der Waals surface area contributed by atoms with Gasteiger partial charge in [0.1, 0.15) is 0 Å². The minimum Gasteiger partial charge on any atom is -0.388 e. The Morgan fingerprint density at radius 3 is 2.47 bits per heavy atom. The van der Waals surface area contributed by atoms with Crippen molar-refractivity contribution in [2.45, 2.75) is 52.2 Å². The summed E-state index contributed by atoms with van der Waals surface area (Å²) in [5.41, 5.74) is 2.20. The van der Waals surface area contributed by atoms with Gasteiger partial charge in [0.15, 0.2) is 0 Å². The predicted octanol–water partition coefficient (Wildman–Crippen LogP) is 3.75. The van der Waals surface area contributed by atoms with E-state index in [2.05, 4.69) is 31.9 Å². The van der Waals surface area contributed by atoms with Crippen molar-refractivity contribution in [3.05, 3.63) is 29.8 Å². The maximum Gasteiger partial charge on any atom is 0.0807 e. The predicted molar refractivity (Wildman–Crippen MR) is 74.5 cm³/mol. The van der Waals surface area contributed by atoms with Gasteiger partial charge in [0.2, 0.25) is 0 Å². The number of nitrogens with zero attached hydrogens (tertiary/aromatic N) is 1. The molecule has 0 aliphatic carbocycles. The lowest BCUT2D eigenvalue weighted by molar-refractivity contribution is 0.174. The monoisotopic (exact) mass is 235 g/mol. The van der Waals surface area contributed by atoms with Crippen molar-refractivity contribution >= 4 is 5.69 Å². The molecule has 0 amide bonds. The van der Waals surface area contributed by atoms with Gasteiger partial charge >= 0.3 is 0 Å². The van der Waals surface area contributed by atoms with Crippen LogP contribution >= 0.6 is 0 Å². The van der Waals surface area contributed by atoms with Gasteiger partial charge in [-0.05, 0) is 25.8 Å². The molecule has 17 heavy (non-hydrogen) atoms. The van der Waals surface area contributed by atoms with Crippen LogP contribution in [0.3, 0.4) is 0 Å². The normalized spacial score (nSPS) is 14.4. The standard InChI is InChI=1S/C15H25NO/c1-5-9-12(3)16(4)14-11-8-7-10-13(14)15(17)6-2/h7-8,10-12,15,17H,5-6,9H2,1-4H3/t12?,15-/m0/s1. The van der Waals surface area contributed by atoms with Gasteiger partial charge in [-0.2, -0.15) is 0 Å². The zero-order chi connectivity index (χ0) is 12.8. The molecular weight excluding hydrogens is 210 g/mol. The number of hydrogen-bond donors (Lipinski definition) is 1. The Balaban J connectivity index is 2.96. The Labute approximate surface area is 105 Å². The first-order valence-electron chi connectivity index (χ1n) is 6.61. The zero-order valence-corrected chi connectivity index (χ0v) is 11.5. The molecule has 0 spiro atoms. The molecule has 0 fully saturated rings. The van der Waals surface area contributed by atoms with Crippen molar-refractivity contribution in [1.29, 1.82) is 0 Å². The van der Waals surface area contributed by atoms with E-state index < -0.39 is 0 Å². The third-order valence-electron chi connectivity index (χ3n) is 3.43. The molecular formula is C15H25NO. The first-order valence-corrected chi connectivity index (χ1v) is 6.61. The fraction of sp³-hybridized carbons (Fsp3) is 0.600. The topological polar surface area (TPSA) is 23.5 Å². The average molecular weight is 235 g/mol. The maximum absolute atomic E-state index is 10.0. The first kappa shape index (κ1) is 14.0.